The van der Waals surface area contributed by atoms with Crippen LogP contribution in [-0.2, 0) is 6.42 Å². The lowest BCUT2D eigenvalue weighted by Crippen LogP contribution is -2.07. The fourth-order valence-corrected chi connectivity index (χ4v) is 3.41. The van der Waals surface area contributed by atoms with Crippen LogP contribution < -0.4 is 11.3 Å². The molecule has 0 spiro atoms. The SMILES string of the molecule is Nc1nc(-c2ccccc2)c(-c2ccc(=O)[nH]c2)c2nc(Cc3ncccc3F)nn12. The van der Waals surface area contributed by atoms with E-state index in [0.29, 0.717) is 28.3 Å². The van der Waals surface area contributed by atoms with Gasteiger partial charge in [-0.05, 0) is 18.2 Å². The number of fused-ring (bicyclic) bond motifs is 1. The number of anilines is 1. The third-order valence-corrected chi connectivity index (χ3v) is 4.84. The smallest absolute Gasteiger partial charge is 0.247 e. The summed E-state index contributed by atoms with van der Waals surface area (Å²) in [6, 6.07) is 15.5. The average Bonchev–Trinajstić information content (AvgIpc) is 3.21. The Labute approximate surface area is 175 Å². The van der Waals surface area contributed by atoms with Gasteiger partial charge in [-0.1, -0.05) is 30.3 Å². The van der Waals surface area contributed by atoms with Crippen molar-refractivity contribution in [3.8, 4) is 22.4 Å². The van der Waals surface area contributed by atoms with E-state index in [1.54, 1.807) is 12.3 Å². The highest BCUT2D eigenvalue weighted by atomic mass is 19.1. The third kappa shape index (κ3) is 3.42. The first-order valence-electron chi connectivity index (χ1n) is 9.49. The molecule has 3 N–H and O–H groups in total. The van der Waals surface area contributed by atoms with Gasteiger partial charge in [-0.25, -0.2) is 14.4 Å². The highest BCUT2D eigenvalue weighted by Crippen LogP contribution is 2.34. The molecule has 4 aromatic heterocycles. The van der Waals surface area contributed by atoms with E-state index in [1.165, 1.54) is 28.9 Å². The fraction of sp³-hybridized carbons (Fsp3) is 0.0455. The molecule has 0 saturated carbocycles. The van der Waals surface area contributed by atoms with Crippen LogP contribution in [0.15, 0.2) is 71.8 Å². The molecule has 5 aromatic rings. The Morgan fingerprint density at radius 1 is 1.00 bits per heavy atom. The van der Waals surface area contributed by atoms with E-state index in [1.807, 2.05) is 30.3 Å². The maximum atomic E-state index is 14.1. The molecule has 0 saturated heterocycles. The summed E-state index contributed by atoms with van der Waals surface area (Å²) >= 11 is 0. The Morgan fingerprint density at radius 3 is 2.58 bits per heavy atom. The van der Waals surface area contributed by atoms with Crippen molar-refractivity contribution in [2.75, 3.05) is 5.73 Å². The molecule has 0 fully saturated rings. The van der Waals surface area contributed by atoms with Gasteiger partial charge in [0.15, 0.2) is 11.5 Å². The number of H-pyrrole nitrogens is 1. The molecule has 0 radical (unpaired) electrons. The number of aromatic amines is 1. The van der Waals surface area contributed by atoms with Gasteiger partial charge in [0.1, 0.15) is 5.82 Å². The second-order valence-corrected chi connectivity index (χ2v) is 6.87. The minimum Gasteiger partial charge on any atom is -0.368 e. The number of hydrogen-bond donors (Lipinski definition) is 2. The fourth-order valence-electron chi connectivity index (χ4n) is 3.41. The number of nitrogen functional groups attached to an aromatic ring is 1. The van der Waals surface area contributed by atoms with Crippen LogP contribution in [0.1, 0.15) is 11.5 Å². The van der Waals surface area contributed by atoms with E-state index in [0.717, 1.165) is 5.56 Å². The lowest BCUT2D eigenvalue weighted by Gasteiger charge is -2.11. The van der Waals surface area contributed by atoms with Gasteiger partial charge in [0.2, 0.25) is 11.5 Å². The summed E-state index contributed by atoms with van der Waals surface area (Å²) in [7, 11) is 0. The first-order chi connectivity index (χ1) is 15.1. The zero-order valence-electron chi connectivity index (χ0n) is 16.2. The second-order valence-electron chi connectivity index (χ2n) is 6.87. The predicted octanol–water partition coefficient (Wildman–Crippen LogP) is 2.85. The number of hydrogen-bond acceptors (Lipinski definition) is 6. The van der Waals surface area contributed by atoms with Gasteiger partial charge in [-0.2, -0.15) is 4.52 Å². The molecule has 4 heterocycles. The molecule has 0 aliphatic heterocycles. The highest BCUT2D eigenvalue weighted by Gasteiger charge is 2.20. The number of halogens is 1. The molecule has 1 aromatic carbocycles. The molecule has 8 nitrogen and oxygen atoms in total. The summed E-state index contributed by atoms with van der Waals surface area (Å²) in [5.74, 6) is 0.0579. The largest absolute Gasteiger partial charge is 0.368 e. The monoisotopic (exact) mass is 413 g/mol. The van der Waals surface area contributed by atoms with E-state index >= 15 is 0 Å². The molecule has 0 aliphatic carbocycles. The first-order valence-corrected chi connectivity index (χ1v) is 9.49. The summed E-state index contributed by atoms with van der Waals surface area (Å²) in [4.78, 5) is 27.5. The number of nitrogens with two attached hydrogens (primary N) is 1. The Kier molecular flexibility index (Phi) is 4.47. The highest BCUT2D eigenvalue weighted by molar-refractivity contribution is 5.90. The third-order valence-electron chi connectivity index (χ3n) is 4.84. The summed E-state index contributed by atoms with van der Waals surface area (Å²) in [6.07, 6.45) is 3.21. The van der Waals surface area contributed by atoms with E-state index in [2.05, 4.69) is 25.0 Å². The van der Waals surface area contributed by atoms with Crippen LogP contribution in [-0.4, -0.2) is 29.5 Å². The summed E-state index contributed by atoms with van der Waals surface area (Å²) < 4.78 is 15.5. The molecular weight excluding hydrogens is 397 g/mol. The molecule has 0 atom stereocenters. The standard InChI is InChI=1S/C22H16FN7O/c23-15-7-4-10-25-16(15)11-17-27-21-19(14-8-9-18(31)26-12-14)20(13-5-2-1-3-6-13)28-22(24)30(21)29-17/h1-10,12H,11H2,(H2,24,28)(H,26,31). The molecule has 31 heavy (non-hydrogen) atoms. The van der Waals surface area contributed by atoms with Crippen LogP contribution in [0.5, 0.6) is 0 Å². The molecule has 0 amide bonds. The summed E-state index contributed by atoms with van der Waals surface area (Å²) in [6.45, 7) is 0. The predicted molar refractivity (Wildman–Crippen MR) is 114 cm³/mol. The van der Waals surface area contributed by atoms with Gasteiger partial charge in [-0.3, -0.25) is 9.78 Å². The lowest BCUT2D eigenvalue weighted by molar-refractivity contribution is 0.601. The minimum atomic E-state index is -0.432. The average molecular weight is 413 g/mol. The number of aromatic nitrogens is 6. The van der Waals surface area contributed by atoms with E-state index in [4.69, 9.17) is 5.73 Å². The van der Waals surface area contributed by atoms with Gasteiger partial charge < -0.3 is 10.7 Å². The number of benzene rings is 1. The van der Waals surface area contributed by atoms with Gasteiger partial charge in [-0.15, -0.1) is 5.10 Å². The maximum Gasteiger partial charge on any atom is 0.247 e. The van der Waals surface area contributed by atoms with E-state index in [9.17, 15) is 9.18 Å². The number of nitrogens with one attached hydrogen (secondary N) is 1. The van der Waals surface area contributed by atoms with Crippen LogP contribution in [0.2, 0.25) is 0 Å². The van der Waals surface area contributed by atoms with Crippen molar-refractivity contribution >= 4 is 11.6 Å². The van der Waals surface area contributed by atoms with Crippen LogP contribution in [0, 0.1) is 5.82 Å². The Balaban J connectivity index is 1.76. The van der Waals surface area contributed by atoms with Crippen molar-refractivity contribution in [1.82, 2.24) is 29.5 Å². The Bertz CT molecular complexity index is 1440. The van der Waals surface area contributed by atoms with Crippen molar-refractivity contribution < 1.29 is 4.39 Å². The zero-order valence-corrected chi connectivity index (χ0v) is 16.2. The number of pyridine rings is 2. The topological polar surface area (TPSA) is 115 Å². The maximum absolute atomic E-state index is 14.1. The van der Waals surface area contributed by atoms with Gasteiger partial charge >= 0.3 is 0 Å². The van der Waals surface area contributed by atoms with E-state index in [-0.39, 0.29) is 23.6 Å². The molecule has 0 unspecified atom stereocenters. The normalized spacial score (nSPS) is 11.1. The molecular formula is C22H16FN7O. The van der Waals surface area contributed by atoms with Crippen LogP contribution >= 0.6 is 0 Å². The van der Waals surface area contributed by atoms with Crippen LogP contribution in [0.3, 0.4) is 0 Å². The zero-order chi connectivity index (χ0) is 21.4. The van der Waals surface area contributed by atoms with Gasteiger partial charge in [0.25, 0.3) is 0 Å². The number of nitrogens with zero attached hydrogens (tertiary/aromatic N) is 5. The minimum absolute atomic E-state index is 0.0968. The molecule has 0 aliphatic rings. The van der Waals surface area contributed by atoms with Crippen LogP contribution in [0.4, 0.5) is 10.3 Å². The van der Waals surface area contributed by atoms with Crippen molar-refractivity contribution in [2.24, 2.45) is 0 Å². The Morgan fingerprint density at radius 2 is 1.84 bits per heavy atom. The summed E-state index contributed by atoms with van der Waals surface area (Å²) in [5.41, 5.74) is 9.44. The second kappa shape index (κ2) is 7.45. The molecule has 9 heteroatoms. The molecule has 0 bridgehead atoms. The van der Waals surface area contributed by atoms with Gasteiger partial charge in [0, 0.05) is 29.6 Å². The van der Waals surface area contributed by atoms with Crippen molar-refractivity contribution in [2.45, 2.75) is 6.42 Å². The quantitative estimate of drug-likeness (QED) is 0.468. The molecule has 5 rings (SSSR count). The molecule has 152 valence electrons. The summed E-state index contributed by atoms with van der Waals surface area (Å²) in [5, 5.41) is 4.43. The van der Waals surface area contributed by atoms with Gasteiger partial charge in [0.05, 0.1) is 23.4 Å². The van der Waals surface area contributed by atoms with Crippen molar-refractivity contribution in [3.05, 3.63) is 94.7 Å². The lowest BCUT2D eigenvalue weighted by atomic mass is 10.0. The van der Waals surface area contributed by atoms with Crippen molar-refractivity contribution in [3.63, 3.8) is 0 Å². The van der Waals surface area contributed by atoms with Crippen molar-refractivity contribution in [1.29, 1.82) is 0 Å². The first kappa shape index (κ1) is 18.6. The van der Waals surface area contributed by atoms with E-state index < -0.39 is 5.82 Å². The Hall–Kier alpha value is -4.40. The number of rotatable bonds is 4. The van der Waals surface area contributed by atoms with Crippen LogP contribution in [0.25, 0.3) is 28.0 Å².